The Kier molecular flexibility index (Phi) is 2.74. The molecule has 1 aliphatic carbocycles. The maximum absolute atomic E-state index is 6.10. The quantitative estimate of drug-likeness (QED) is 0.461. The fourth-order valence-electron chi connectivity index (χ4n) is 3.82. The third-order valence-corrected chi connectivity index (χ3v) is 4.86. The van der Waals surface area contributed by atoms with Crippen LogP contribution in [0.1, 0.15) is 11.1 Å². The lowest BCUT2D eigenvalue weighted by molar-refractivity contribution is -0.511. The highest BCUT2D eigenvalue weighted by molar-refractivity contribution is 5.96. The number of pyridine rings is 2. The molecule has 2 nitrogen and oxygen atoms in total. The number of nitrogen functional groups attached to an aromatic ring is 1. The summed E-state index contributed by atoms with van der Waals surface area (Å²) in [6.07, 6.45) is 5.29. The lowest BCUT2D eigenvalue weighted by atomic mass is 9.94. The zero-order chi connectivity index (χ0) is 16.1. The van der Waals surface area contributed by atoms with Gasteiger partial charge in [0, 0.05) is 35.4 Å². The molecule has 0 saturated carbocycles. The highest BCUT2D eigenvalue weighted by Gasteiger charge is 2.28. The minimum Gasteiger partial charge on any atom is -0.398 e. The van der Waals surface area contributed by atoms with E-state index in [9.17, 15) is 0 Å². The molecular weight excluding hydrogens is 292 g/mol. The summed E-state index contributed by atoms with van der Waals surface area (Å²) in [5.41, 5.74) is 16.0. The Hall–Kier alpha value is -3.13. The maximum Gasteiger partial charge on any atom is 0.221 e. The summed E-state index contributed by atoms with van der Waals surface area (Å²) in [6.45, 7) is 0. The van der Waals surface area contributed by atoms with Gasteiger partial charge in [0.05, 0.1) is 5.56 Å². The second-order valence-electron chi connectivity index (χ2n) is 6.36. The number of aromatic nitrogens is 1. The first-order chi connectivity index (χ1) is 11.8. The van der Waals surface area contributed by atoms with E-state index in [1.54, 1.807) is 0 Å². The average Bonchev–Trinajstić information content (AvgIpc) is 2.98. The predicted molar refractivity (Wildman–Crippen MR) is 97.7 cm³/mol. The van der Waals surface area contributed by atoms with Gasteiger partial charge in [-0.15, -0.1) is 0 Å². The topological polar surface area (TPSA) is 30.1 Å². The molecule has 0 amide bonds. The molecule has 24 heavy (non-hydrogen) atoms. The Morgan fingerprint density at radius 2 is 1.58 bits per heavy atom. The molecule has 4 aromatic rings. The maximum atomic E-state index is 6.10. The van der Waals surface area contributed by atoms with E-state index in [1.165, 1.54) is 33.4 Å². The smallest absolute Gasteiger partial charge is 0.221 e. The van der Waals surface area contributed by atoms with Crippen LogP contribution in [0.25, 0.3) is 27.8 Å². The van der Waals surface area contributed by atoms with Gasteiger partial charge in [0.2, 0.25) is 5.52 Å². The molecule has 2 aromatic heterocycles. The van der Waals surface area contributed by atoms with E-state index in [4.69, 9.17) is 5.73 Å². The fourth-order valence-corrected chi connectivity index (χ4v) is 3.82. The lowest BCUT2D eigenvalue weighted by Crippen LogP contribution is -2.23. The minimum absolute atomic E-state index is 0.790. The molecule has 2 heterocycles. The van der Waals surface area contributed by atoms with Gasteiger partial charge in [0.15, 0.2) is 12.4 Å². The second kappa shape index (κ2) is 4.93. The zero-order valence-corrected chi connectivity index (χ0v) is 13.2. The van der Waals surface area contributed by atoms with Crippen molar-refractivity contribution in [1.29, 1.82) is 0 Å². The van der Waals surface area contributed by atoms with Crippen LogP contribution in [0.2, 0.25) is 0 Å². The molecular formula is C22H17N2+. The predicted octanol–water partition coefficient (Wildman–Crippen LogP) is 4.25. The molecule has 114 valence electrons. The monoisotopic (exact) mass is 309 g/mol. The SMILES string of the molecule is Nc1cc[n+]2cc3c(c(-c4ccccc4)c2c1)-c1ccccc1C3. The number of benzene rings is 2. The summed E-state index contributed by atoms with van der Waals surface area (Å²) in [5.74, 6) is 0. The Morgan fingerprint density at radius 1 is 0.792 bits per heavy atom. The number of nitrogens with two attached hydrogens (primary N) is 1. The van der Waals surface area contributed by atoms with Crippen molar-refractivity contribution >= 4 is 11.2 Å². The van der Waals surface area contributed by atoms with Crippen molar-refractivity contribution in [3.63, 3.8) is 0 Å². The largest absolute Gasteiger partial charge is 0.398 e. The number of hydrogen-bond donors (Lipinski definition) is 1. The van der Waals surface area contributed by atoms with Crippen LogP contribution in [-0.2, 0) is 6.42 Å². The number of nitrogens with zero attached hydrogens (tertiary/aromatic N) is 1. The van der Waals surface area contributed by atoms with Crippen LogP contribution in [0.15, 0.2) is 79.1 Å². The van der Waals surface area contributed by atoms with Gasteiger partial charge in [0.1, 0.15) is 0 Å². The van der Waals surface area contributed by atoms with Crippen molar-refractivity contribution in [3.8, 4) is 22.3 Å². The fraction of sp³-hybridized carbons (Fsp3) is 0.0455. The first-order valence-electron chi connectivity index (χ1n) is 8.21. The third kappa shape index (κ3) is 1.86. The lowest BCUT2D eigenvalue weighted by Gasteiger charge is -2.10. The van der Waals surface area contributed by atoms with Crippen LogP contribution >= 0.6 is 0 Å². The molecule has 2 aromatic carbocycles. The first kappa shape index (κ1) is 13.3. The molecule has 2 heteroatoms. The van der Waals surface area contributed by atoms with Crippen molar-refractivity contribution in [1.82, 2.24) is 0 Å². The van der Waals surface area contributed by atoms with Crippen LogP contribution in [-0.4, -0.2) is 0 Å². The van der Waals surface area contributed by atoms with E-state index in [2.05, 4.69) is 77.5 Å². The summed E-state index contributed by atoms with van der Waals surface area (Å²) in [5, 5.41) is 0. The van der Waals surface area contributed by atoms with E-state index >= 15 is 0 Å². The average molecular weight is 309 g/mol. The van der Waals surface area contributed by atoms with Crippen molar-refractivity contribution < 1.29 is 4.40 Å². The van der Waals surface area contributed by atoms with E-state index < -0.39 is 0 Å². The Morgan fingerprint density at radius 3 is 2.46 bits per heavy atom. The number of hydrogen-bond acceptors (Lipinski definition) is 1. The van der Waals surface area contributed by atoms with Crippen LogP contribution < -0.4 is 10.1 Å². The van der Waals surface area contributed by atoms with E-state index in [1.807, 2.05) is 6.07 Å². The molecule has 0 radical (unpaired) electrons. The third-order valence-electron chi connectivity index (χ3n) is 4.86. The van der Waals surface area contributed by atoms with Crippen molar-refractivity contribution in [2.75, 3.05) is 5.73 Å². The van der Waals surface area contributed by atoms with E-state index in [0.717, 1.165) is 17.6 Å². The molecule has 5 rings (SSSR count). The first-order valence-corrected chi connectivity index (χ1v) is 8.21. The van der Waals surface area contributed by atoms with Crippen LogP contribution in [0.5, 0.6) is 0 Å². The summed E-state index contributed by atoms with van der Waals surface area (Å²) in [4.78, 5) is 0. The molecule has 0 spiro atoms. The zero-order valence-electron chi connectivity index (χ0n) is 13.2. The number of fused-ring (bicyclic) bond motifs is 4. The van der Waals surface area contributed by atoms with Crippen molar-refractivity contribution in [2.24, 2.45) is 0 Å². The van der Waals surface area contributed by atoms with Gasteiger partial charge in [-0.2, -0.15) is 4.40 Å². The van der Waals surface area contributed by atoms with Gasteiger partial charge in [0.25, 0.3) is 0 Å². The van der Waals surface area contributed by atoms with E-state index in [0.29, 0.717) is 0 Å². The molecule has 0 unspecified atom stereocenters. The molecule has 0 aliphatic heterocycles. The molecule has 0 bridgehead atoms. The molecule has 0 saturated heterocycles. The summed E-state index contributed by atoms with van der Waals surface area (Å²) in [7, 11) is 0. The van der Waals surface area contributed by atoms with Crippen LogP contribution in [0.3, 0.4) is 0 Å². The van der Waals surface area contributed by atoms with Gasteiger partial charge in [-0.3, -0.25) is 0 Å². The van der Waals surface area contributed by atoms with Gasteiger partial charge in [-0.1, -0.05) is 54.6 Å². The van der Waals surface area contributed by atoms with Gasteiger partial charge in [-0.05, 0) is 16.7 Å². The van der Waals surface area contributed by atoms with Gasteiger partial charge < -0.3 is 5.73 Å². The number of anilines is 1. The summed E-state index contributed by atoms with van der Waals surface area (Å²) in [6, 6.07) is 23.3. The van der Waals surface area contributed by atoms with Crippen LogP contribution in [0.4, 0.5) is 5.69 Å². The molecule has 1 aliphatic rings. The normalized spacial score (nSPS) is 12.2. The Balaban J connectivity index is 1.96. The van der Waals surface area contributed by atoms with Crippen molar-refractivity contribution in [2.45, 2.75) is 6.42 Å². The van der Waals surface area contributed by atoms with E-state index in [-0.39, 0.29) is 0 Å². The highest BCUT2D eigenvalue weighted by Crippen LogP contribution is 2.43. The summed E-state index contributed by atoms with van der Waals surface area (Å²) < 4.78 is 2.20. The Labute approximate surface area is 140 Å². The molecule has 0 atom stereocenters. The summed E-state index contributed by atoms with van der Waals surface area (Å²) >= 11 is 0. The van der Waals surface area contributed by atoms with Gasteiger partial charge in [-0.25, -0.2) is 0 Å². The highest BCUT2D eigenvalue weighted by atomic mass is 14.9. The van der Waals surface area contributed by atoms with Gasteiger partial charge >= 0.3 is 0 Å². The minimum atomic E-state index is 0.790. The molecule has 0 fully saturated rings. The second-order valence-corrected chi connectivity index (χ2v) is 6.36. The Bertz CT molecular complexity index is 1080. The number of rotatable bonds is 1. The standard InChI is InChI=1S/C22H16N2/c23-18-10-11-24-14-17-12-16-8-4-5-9-19(16)21(17)22(20(24)13-18)15-6-2-1-3-7-15/h1-11,13-14,23H,12H2/p+1. The van der Waals surface area contributed by atoms with Crippen molar-refractivity contribution in [3.05, 3.63) is 90.3 Å². The van der Waals surface area contributed by atoms with Crippen LogP contribution in [0, 0.1) is 0 Å². The molecule has 2 N–H and O–H groups in total.